The van der Waals surface area contributed by atoms with E-state index in [1.807, 2.05) is 19.1 Å². The number of H-pyrrole nitrogens is 1. The fourth-order valence-electron chi connectivity index (χ4n) is 2.15. The number of aryl methyl sites for hydroxylation is 1. The van der Waals surface area contributed by atoms with E-state index in [2.05, 4.69) is 20.2 Å². The molecule has 0 saturated heterocycles. The molecule has 0 atom stereocenters. The average molecular weight is 376 g/mol. The van der Waals surface area contributed by atoms with Gasteiger partial charge in [-0.1, -0.05) is 17.7 Å². The van der Waals surface area contributed by atoms with Crippen molar-refractivity contribution in [3.8, 4) is 0 Å². The number of aromatic nitrogens is 2. The van der Waals surface area contributed by atoms with E-state index in [0.717, 1.165) is 22.6 Å². The van der Waals surface area contributed by atoms with Crippen LogP contribution in [0.5, 0.6) is 0 Å². The van der Waals surface area contributed by atoms with Crippen molar-refractivity contribution in [3.05, 3.63) is 64.1 Å². The third-order valence-corrected chi connectivity index (χ3v) is 5.89. The molecule has 1 amide bonds. The molecule has 0 saturated carbocycles. The van der Waals surface area contributed by atoms with E-state index in [1.165, 1.54) is 6.07 Å². The quantitative estimate of drug-likeness (QED) is 0.615. The molecule has 2 heterocycles. The van der Waals surface area contributed by atoms with E-state index < -0.39 is 15.9 Å². The van der Waals surface area contributed by atoms with Gasteiger partial charge in [-0.3, -0.25) is 14.6 Å². The number of rotatable bonds is 6. The summed E-state index contributed by atoms with van der Waals surface area (Å²) in [5, 5.41) is 10.8. The van der Waals surface area contributed by atoms with Gasteiger partial charge < -0.3 is 5.32 Å². The van der Waals surface area contributed by atoms with Gasteiger partial charge in [0.1, 0.15) is 9.77 Å². The molecule has 130 valence electrons. The standard InChI is InChI=1S/C16H16N4O3S2/c1-11-2-4-12(5-3-11)20-25(22,23)14-7-9-24-15(14)16(21)17-10-13-6-8-18-19-13/h2-9,20H,10H2,1H3,(H,17,21)(H,18,19). The number of benzene rings is 1. The summed E-state index contributed by atoms with van der Waals surface area (Å²) in [5.41, 5.74) is 2.20. The Morgan fingerprint density at radius 1 is 1.20 bits per heavy atom. The molecular formula is C16H16N4O3S2. The molecule has 0 spiro atoms. The van der Waals surface area contributed by atoms with Crippen molar-refractivity contribution in [2.75, 3.05) is 4.72 Å². The van der Waals surface area contributed by atoms with Crippen LogP contribution in [0.15, 0.2) is 52.9 Å². The molecule has 0 aliphatic heterocycles. The molecule has 3 rings (SSSR count). The maximum atomic E-state index is 12.6. The molecule has 9 heteroatoms. The number of thiophene rings is 1. The zero-order chi connectivity index (χ0) is 17.9. The van der Waals surface area contributed by atoms with Crippen molar-refractivity contribution in [2.24, 2.45) is 0 Å². The first kappa shape index (κ1) is 17.2. The molecule has 2 aromatic heterocycles. The highest BCUT2D eigenvalue weighted by atomic mass is 32.2. The zero-order valence-electron chi connectivity index (χ0n) is 13.3. The van der Waals surface area contributed by atoms with Crippen molar-refractivity contribution >= 4 is 33.0 Å². The van der Waals surface area contributed by atoms with Crippen LogP contribution >= 0.6 is 11.3 Å². The summed E-state index contributed by atoms with van der Waals surface area (Å²) in [4.78, 5) is 12.4. The number of carbonyl (C=O) groups excluding carboxylic acids is 1. The summed E-state index contributed by atoms with van der Waals surface area (Å²) < 4.78 is 27.7. The molecule has 3 N–H and O–H groups in total. The topological polar surface area (TPSA) is 104 Å². The number of nitrogens with one attached hydrogen (secondary N) is 3. The Morgan fingerprint density at radius 3 is 2.64 bits per heavy atom. The third-order valence-electron chi connectivity index (χ3n) is 3.43. The van der Waals surface area contributed by atoms with Crippen molar-refractivity contribution in [2.45, 2.75) is 18.4 Å². The first-order chi connectivity index (χ1) is 12.0. The number of amides is 1. The van der Waals surface area contributed by atoms with E-state index in [1.54, 1.807) is 29.8 Å². The Labute approximate surface area is 149 Å². The van der Waals surface area contributed by atoms with Crippen LogP contribution < -0.4 is 10.0 Å². The first-order valence-electron chi connectivity index (χ1n) is 7.39. The highest BCUT2D eigenvalue weighted by Crippen LogP contribution is 2.24. The lowest BCUT2D eigenvalue weighted by Gasteiger charge is -2.09. The predicted octanol–water partition coefficient (Wildman–Crippen LogP) is 2.51. The summed E-state index contributed by atoms with van der Waals surface area (Å²) in [6, 6.07) is 10.1. The number of sulfonamides is 1. The minimum absolute atomic E-state index is 0.0415. The van der Waals surface area contributed by atoms with Gasteiger partial charge in [-0.15, -0.1) is 11.3 Å². The van der Waals surface area contributed by atoms with Crippen LogP contribution in [0.25, 0.3) is 0 Å². The molecule has 25 heavy (non-hydrogen) atoms. The smallest absolute Gasteiger partial charge is 0.263 e. The van der Waals surface area contributed by atoms with Crippen LogP contribution in [0.1, 0.15) is 20.9 Å². The number of hydrogen-bond acceptors (Lipinski definition) is 5. The predicted molar refractivity (Wildman–Crippen MR) is 96.1 cm³/mol. The fraction of sp³-hybridized carbons (Fsp3) is 0.125. The van der Waals surface area contributed by atoms with Gasteiger partial charge in [-0.25, -0.2) is 8.42 Å². The number of hydrogen-bond donors (Lipinski definition) is 3. The van der Waals surface area contributed by atoms with E-state index >= 15 is 0 Å². The van der Waals surface area contributed by atoms with Crippen LogP contribution in [0.3, 0.4) is 0 Å². The lowest BCUT2D eigenvalue weighted by Crippen LogP contribution is -2.24. The van der Waals surface area contributed by atoms with E-state index in [0.29, 0.717) is 5.69 Å². The van der Waals surface area contributed by atoms with Crippen LogP contribution in [-0.4, -0.2) is 24.5 Å². The van der Waals surface area contributed by atoms with Gasteiger partial charge in [0.25, 0.3) is 15.9 Å². The maximum absolute atomic E-state index is 12.6. The SMILES string of the molecule is Cc1ccc(NS(=O)(=O)c2ccsc2C(=O)NCc2ccn[nH]2)cc1. The Balaban J connectivity index is 1.77. The monoisotopic (exact) mass is 376 g/mol. The number of nitrogens with zero attached hydrogens (tertiary/aromatic N) is 1. The second-order valence-electron chi connectivity index (χ2n) is 5.35. The molecule has 7 nitrogen and oxygen atoms in total. The molecular weight excluding hydrogens is 360 g/mol. The highest BCUT2D eigenvalue weighted by molar-refractivity contribution is 7.93. The number of aromatic amines is 1. The molecule has 0 bridgehead atoms. The highest BCUT2D eigenvalue weighted by Gasteiger charge is 2.24. The summed E-state index contributed by atoms with van der Waals surface area (Å²) >= 11 is 1.08. The maximum Gasteiger partial charge on any atom is 0.263 e. The van der Waals surface area contributed by atoms with Crippen molar-refractivity contribution in [3.63, 3.8) is 0 Å². The second kappa shape index (κ2) is 7.08. The van der Waals surface area contributed by atoms with Crippen LogP contribution in [0, 0.1) is 6.92 Å². The minimum Gasteiger partial charge on any atom is -0.346 e. The van der Waals surface area contributed by atoms with Gasteiger partial charge in [0.05, 0.1) is 12.2 Å². The van der Waals surface area contributed by atoms with E-state index in [4.69, 9.17) is 0 Å². The summed E-state index contributed by atoms with van der Waals surface area (Å²) in [7, 11) is -3.85. The summed E-state index contributed by atoms with van der Waals surface area (Å²) in [6.07, 6.45) is 1.58. The minimum atomic E-state index is -3.85. The van der Waals surface area contributed by atoms with Crippen molar-refractivity contribution < 1.29 is 13.2 Å². The van der Waals surface area contributed by atoms with E-state index in [9.17, 15) is 13.2 Å². The molecule has 1 aromatic carbocycles. The van der Waals surface area contributed by atoms with E-state index in [-0.39, 0.29) is 16.3 Å². The summed E-state index contributed by atoms with van der Waals surface area (Å²) in [5.74, 6) is -0.450. The van der Waals surface area contributed by atoms with Crippen LogP contribution in [0.4, 0.5) is 5.69 Å². The number of anilines is 1. The Hall–Kier alpha value is -2.65. The second-order valence-corrected chi connectivity index (χ2v) is 7.92. The lowest BCUT2D eigenvalue weighted by molar-refractivity contribution is 0.0951. The molecule has 3 aromatic rings. The van der Waals surface area contributed by atoms with Gasteiger partial charge >= 0.3 is 0 Å². The van der Waals surface area contributed by atoms with Gasteiger partial charge in [0.15, 0.2) is 0 Å². The zero-order valence-corrected chi connectivity index (χ0v) is 14.9. The number of carbonyl (C=O) groups is 1. The van der Waals surface area contributed by atoms with Gasteiger partial charge in [-0.2, -0.15) is 5.10 Å². The molecule has 0 radical (unpaired) electrons. The Kier molecular flexibility index (Phi) is 4.86. The van der Waals surface area contributed by atoms with Gasteiger partial charge in [0, 0.05) is 11.9 Å². The van der Waals surface area contributed by atoms with Crippen molar-refractivity contribution in [1.29, 1.82) is 0 Å². The fourth-order valence-corrected chi connectivity index (χ4v) is 4.55. The van der Waals surface area contributed by atoms with Gasteiger partial charge in [-0.05, 0) is 36.6 Å². The largest absolute Gasteiger partial charge is 0.346 e. The Morgan fingerprint density at radius 2 is 1.96 bits per heavy atom. The third kappa shape index (κ3) is 4.06. The lowest BCUT2D eigenvalue weighted by atomic mass is 10.2. The molecule has 0 aliphatic carbocycles. The van der Waals surface area contributed by atoms with Gasteiger partial charge in [0.2, 0.25) is 0 Å². The Bertz CT molecular complexity index is 961. The average Bonchev–Trinajstić information content (AvgIpc) is 3.26. The van der Waals surface area contributed by atoms with Crippen molar-refractivity contribution in [1.82, 2.24) is 15.5 Å². The van der Waals surface area contributed by atoms with Crippen LogP contribution in [0.2, 0.25) is 0 Å². The normalized spacial score (nSPS) is 11.2. The molecule has 0 fully saturated rings. The van der Waals surface area contributed by atoms with Crippen LogP contribution in [-0.2, 0) is 16.6 Å². The molecule has 0 aliphatic rings. The molecule has 0 unspecified atom stereocenters. The summed E-state index contributed by atoms with van der Waals surface area (Å²) in [6.45, 7) is 2.15. The first-order valence-corrected chi connectivity index (χ1v) is 9.75.